The normalized spacial score (nSPS) is 11.9. The van der Waals surface area contributed by atoms with Crippen LogP contribution in [0, 0.1) is 0 Å². The van der Waals surface area contributed by atoms with E-state index in [0.717, 1.165) is 0 Å². The molecule has 1 aromatic heterocycles. The molecule has 0 radical (unpaired) electrons. The summed E-state index contributed by atoms with van der Waals surface area (Å²) in [4.78, 5) is 12.0. The first kappa shape index (κ1) is 16.0. The molecule has 6 heteroatoms. The lowest BCUT2D eigenvalue weighted by molar-refractivity contribution is 0.000691. The average Bonchev–Trinajstić information content (AvgIpc) is 2.30. The minimum absolute atomic E-state index is 0.0149. The van der Waals surface area contributed by atoms with Crippen LogP contribution in [0.3, 0.4) is 0 Å². The molecule has 0 saturated carbocycles. The molecule has 0 aliphatic rings. The highest BCUT2D eigenvalue weighted by molar-refractivity contribution is 6.32. The Morgan fingerprint density at radius 1 is 1.53 bits per heavy atom. The lowest BCUT2D eigenvalue weighted by Crippen LogP contribution is -2.34. The van der Waals surface area contributed by atoms with E-state index in [2.05, 4.69) is 10.4 Å². The highest BCUT2D eigenvalue weighted by atomic mass is 35.5. The third kappa shape index (κ3) is 4.21. The molecule has 0 aromatic carbocycles. The second kappa shape index (κ2) is 6.39. The lowest BCUT2D eigenvalue weighted by atomic mass is 10.1. The summed E-state index contributed by atoms with van der Waals surface area (Å²) < 4.78 is 6.94. The molecule has 0 aliphatic carbocycles. The highest BCUT2D eigenvalue weighted by Gasteiger charge is 2.19. The van der Waals surface area contributed by atoms with E-state index in [4.69, 9.17) is 16.3 Å². The molecule has 0 bridgehead atoms. The first-order valence-corrected chi connectivity index (χ1v) is 6.81. The van der Waals surface area contributed by atoms with Gasteiger partial charge in [-0.1, -0.05) is 11.6 Å². The molecule has 1 aromatic rings. The van der Waals surface area contributed by atoms with Crippen molar-refractivity contribution < 1.29 is 4.74 Å². The van der Waals surface area contributed by atoms with E-state index in [1.54, 1.807) is 6.20 Å². The van der Waals surface area contributed by atoms with Crippen molar-refractivity contribution >= 4 is 17.3 Å². The van der Waals surface area contributed by atoms with E-state index in [1.165, 1.54) is 4.68 Å². The molecule has 0 fully saturated rings. The van der Waals surface area contributed by atoms with E-state index < -0.39 is 0 Å². The number of hydrogen-bond donors (Lipinski definition) is 1. The zero-order valence-electron chi connectivity index (χ0n) is 12.2. The standard InChI is InChI=1S/C13H22ClN3O2/c1-6-19-13(4,5)8-15-10-7-16-17(9(2)3)12(18)11(10)14/h7,9,15H,6,8H2,1-5H3. The Labute approximate surface area is 118 Å². The van der Waals surface area contributed by atoms with Crippen LogP contribution in [0.2, 0.25) is 5.02 Å². The molecule has 0 aliphatic heterocycles. The van der Waals surface area contributed by atoms with Crippen LogP contribution in [0.1, 0.15) is 40.7 Å². The largest absolute Gasteiger partial charge is 0.379 e. The Morgan fingerprint density at radius 2 is 2.16 bits per heavy atom. The second-order valence-electron chi connectivity index (χ2n) is 5.26. The van der Waals surface area contributed by atoms with Crippen LogP contribution in [0.15, 0.2) is 11.0 Å². The van der Waals surface area contributed by atoms with Crippen molar-refractivity contribution in [1.82, 2.24) is 9.78 Å². The Kier molecular flexibility index (Phi) is 5.38. The lowest BCUT2D eigenvalue weighted by Gasteiger charge is -2.25. The maximum Gasteiger partial charge on any atom is 0.287 e. The smallest absolute Gasteiger partial charge is 0.287 e. The van der Waals surface area contributed by atoms with Gasteiger partial charge in [0.05, 0.1) is 23.5 Å². The maximum atomic E-state index is 12.0. The number of rotatable bonds is 6. The number of nitrogens with zero attached hydrogens (tertiary/aromatic N) is 2. The second-order valence-corrected chi connectivity index (χ2v) is 5.64. The Bertz CT molecular complexity index is 483. The van der Waals surface area contributed by atoms with Crippen LogP contribution in [-0.2, 0) is 4.74 Å². The number of hydrogen-bond acceptors (Lipinski definition) is 4. The van der Waals surface area contributed by atoms with Gasteiger partial charge in [-0.25, -0.2) is 4.68 Å². The summed E-state index contributed by atoms with van der Waals surface area (Å²) in [5.74, 6) is 0. The van der Waals surface area contributed by atoms with Crippen LogP contribution in [0.5, 0.6) is 0 Å². The molecule has 0 amide bonds. The van der Waals surface area contributed by atoms with Gasteiger partial charge < -0.3 is 10.1 Å². The molecule has 0 unspecified atom stereocenters. The first-order chi connectivity index (χ1) is 8.78. The minimum Gasteiger partial charge on any atom is -0.379 e. The van der Waals surface area contributed by atoms with Gasteiger partial charge in [-0.2, -0.15) is 5.10 Å². The molecular weight excluding hydrogens is 266 g/mol. The summed E-state index contributed by atoms with van der Waals surface area (Å²) in [6, 6.07) is -0.0149. The third-order valence-corrected chi connectivity index (χ3v) is 3.04. The Morgan fingerprint density at radius 3 is 2.68 bits per heavy atom. The molecule has 0 spiro atoms. The fraction of sp³-hybridized carbons (Fsp3) is 0.692. The zero-order chi connectivity index (χ0) is 14.6. The fourth-order valence-electron chi connectivity index (χ4n) is 1.69. The molecule has 1 rings (SSSR count). The van der Waals surface area contributed by atoms with Gasteiger partial charge in [-0.15, -0.1) is 0 Å². The van der Waals surface area contributed by atoms with E-state index >= 15 is 0 Å². The van der Waals surface area contributed by atoms with Gasteiger partial charge >= 0.3 is 0 Å². The molecule has 0 atom stereocenters. The van der Waals surface area contributed by atoms with E-state index in [-0.39, 0.29) is 22.2 Å². The summed E-state index contributed by atoms with van der Waals surface area (Å²) in [6.07, 6.45) is 1.58. The van der Waals surface area contributed by atoms with Gasteiger partial charge in [-0.05, 0) is 34.6 Å². The minimum atomic E-state index is -0.328. The van der Waals surface area contributed by atoms with Crippen LogP contribution < -0.4 is 10.9 Å². The van der Waals surface area contributed by atoms with Gasteiger partial charge in [0.1, 0.15) is 5.02 Å². The molecule has 1 heterocycles. The predicted octanol–water partition coefficient (Wildman–Crippen LogP) is 2.70. The van der Waals surface area contributed by atoms with E-state index in [9.17, 15) is 4.79 Å². The first-order valence-electron chi connectivity index (χ1n) is 6.43. The third-order valence-electron chi connectivity index (χ3n) is 2.67. The SMILES string of the molecule is CCOC(C)(C)CNc1cnn(C(C)C)c(=O)c1Cl. The van der Waals surface area contributed by atoms with Crippen LogP contribution in [0.4, 0.5) is 5.69 Å². The average molecular weight is 288 g/mol. The monoisotopic (exact) mass is 287 g/mol. The molecule has 5 nitrogen and oxygen atoms in total. The van der Waals surface area contributed by atoms with Gasteiger partial charge in [0.15, 0.2) is 0 Å². The van der Waals surface area contributed by atoms with Crippen molar-refractivity contribution in [3.8, 4) is 0 Å². The van der Waals surface area contributed by atoms with E-state index in [0.29, 0.717) is 18.8 Å². The van der Waals surface area contributed by atoms with Crippen molar-refractivity contribution in [2.75, 3.05) is 18.5 Å². The Balaban J connectivity index is 2.87. The van der Waals surface area contributed by atoms with Crippen molar-refractivity contribution in [1.29, 1.82) is 0 Å². The van der Waals surface area contributed by atoms with Crippen molar-refractivity contribution in [2.45, 2.75) is 46.3 Å². The zero-order valence-corrected chi connectivity index (χ0v) is 12.9. The van der Waals surface area contributed by atoms with Gasteiger partial charge in [0.25, 0.3) is 5.56 Å². The number of nitrogens with one attached hydrogen (secondary N) is 1. The van der Waals surface area contributed by atoms with Crippen LogP contribution in [-0.4, -0.2) is 28.5 Å². The fourth-order valence-corrected chi connectivity index (χ4v) is 1.89. The summed E-state index contributed by atoms with van der Waals surface area (Å²) in [7, 11) is 0. The number of halogens is 1. The Hall–Kier alpha value is -1.07. The van der Waals surface area contributed by atoms with Gasteiger partial charge in [0, 0.05) is 13.2 Å². The molecule has 0 saturated heterocycles. The number of aromatic nitrogens is 2. The number of anilines is 1. The predicted molar refractivity (Wildman–Crippen MR) is 78.1 cm³/mol. The van der Waals surface area contributed by atoms with Gasteiger partial charge in [-0.3, -0.25) is 4.79 Å². The topological polar surface area (TPSA) is 56.1 Å². The number of ether oxygens (including phenoxy) is 1. The van der Waals surface area contributed by atoms with Gasteiger partial charge in [0.2, 0.25) is 0 Å². The quantitative estimate of drug-likeness (QED) is 0.874. The summed E-state index contributed by atoms with van der Waals surface area (Å²) >= 11 is 6.07. The summed E-state index contributed by atoms with van der Waals surface area (Å²) in [6.45, 7) is 10.8. The molecule has 19 heavy (non-hydrogen) atoms. The van der Waals surface area contributed by atoms with E-state index in [1.807, 2.05) is 34.6 Å². The summed E-state index contributed by atoms with van der Waals surface area (Å²) in [5.41, 5.74) is -0.0717. The highest BCUT2D eigenvalue weighted by Crippen LogP contribution is 2.18. The molecule has 108 valence electrons. The van der Waals surface area contributed by atoms with Crippen LogP contribution in [0.25, 0.3) is 0 Å². The van der Waals surface area contributed by atoms with Crippen molar-refractivity contribution in [3.05, 3.63) is 21.6 Å². The molecule has 1 N–H and O–H groups in total. The van der Waals surface area contributed by atoms with Crippen LogP contribution >= 0.6 is 11.6 Å². The summed E-state index contributed by atoms with van der Waals surface area (Å²) in [5, 5.41) is 7.38. The van der Waals surface area contributed by atoms with Crippen molar-refractivity contribution in [2.24, 2.45) is 0 Å². The van der Waals surface area contributed by atoms with Crippen molar-refractivity contribution in [3.63, 3.8) is 0 Å². The maximum absolute atomic E-state index is 12.0. The molecular formula is C13H22ClN3O2.